The van der Waals surface area contributed by atoms with E-state index in [-0.39, 0.29) is 23.4 Å². The monoisotopic (exact) mass is 466 g/mol. The van der Waals surface area contributed by atoms with Crippen molar-refractivity contribution in [1.29, 1.82) is 0 Å². The van der Waals surface area contributed by atoms with Gasteiger partial charge in [-0.25, -0.2) is 12.8 Å². The number of amides is 1. The van der Waals surface area contributed by atoms with Crippen molar-refractivity contribution in [2.75, 3.05) is 13.1 Å². The highest BCUT2D eigenvalue weighted by molar-refractivity contribution is 7.89. The first-order chi connectivity index (χ1) is 15.9. The van der Waals surface area contributed by atoms with Crippen LogP contribution in [0, 0.1) is 11.7 Å². The summed E-state index contributed by atoms with van der Waals surface area (Å²) in [5.74, 6) is -1.09. The van der Waals surface area contributed by atoms with Crippen LogP contribution in [0.25, 0.3) is 0 Å². The number of carbonyl (C=O) groups excluding carboxylic acids is 1. The third-order valence-corrected chi connectivity index (χ3v) is 7.89. The average molecular weight is 467 g/mol. The van der Waals surface area contributed by atoms with Crippen LogP contribution in [0.1, 0.15) is 30.0 Å². The first-order valence-corrected chi connectivity index (χ1v) is 12.5. The molecule has 3 aromatic carbocycles. The summed E-state index contributed by atoms with van der Waals surface area (Å²) in [6.45, 7) is 0.452. The van der Waals surface area contributed by atoms with Gasteiger partial charge >= 0.3 is 0 Å². The molecule has 2 atom stereocenters. The molecule has 7 heteroatoms. The normalized spacial score (nSPS) is 17.9. The summed E-state index contributed by atoms with van der Waals surface area (Å²) < 4.78 is 40.6. The average Bonchev–Trinajstić information content (AvgIpc) is 2.85. The van der Waals surface area contributed by atoms with E-state index < -0.39 is 21.8 Å². The van der Waals surface area contributed by atoms with Crippen LogP contribution in [0.3, 0.4) is 0 Å². The molecule has 33 heavy (non-hydrogen) atoms. The first-order valence-electron chi connectivity index (χ1n) is 11.1. The number of nitrogens with one attached hydrogen (secondary N) is 1. The molecule has 5 nitrogen and oxygen atoms in total. The van der Waals surface area contributed by atoms with Gasteiger partial charge in [0.05, 0.1) is 16.9 Å². The molecule has 1 N–H and O–H groups in total. The molecule has 1 heterocycles. The molecular formula is C26H27FN2O3S. The first kappa shape index (κ1) is 23.1. The van der Waals surface area contributed by atoms with Gasteiger partial charge in [0.25, 0.3) is 0 Å². The quantitative estimate of drug-likeness (QED) is 0.564. The van der Waals surface area contributed by atoms with E-state index in [2.05, 4.69) is 5.32 Å². The van der Waals surface area contributed by atoms with E-state index in [1.807, 2.05) is 60.7 Å². The highest BCUT2D eigenvalue weighted by Crippen LogP contribution is 2.26. The van der Waals surface area contributed by atoms with Gasteiger partial charge in [0, 0.05) is 13.1 Å². The highest BCUT2D eigenvalue weighted by Gasteiger charge is 2.34. The van der Waals surface area contributed by atoms with Crippen molar-refractivity contribution in [3.63, 3.8) is 0 Å². The Bertz CT molecular complexity index is 1170. The lowest BCUT2D eigenvalue weighted by Crippen LogP contribution is -2.46. The minimum absolute atomic E-state index is 0.0381. The van der Waals surface area contributed by atoms with Crippen molar-refractivity contribution >= 4 is 15.9 Å². The largest absolute Gasteiger partial charge is 0.349 e. The van der Waals surface area contributed by atoms with Crippen LogP contribution >= 0.6 is 0 Å². The highest BCUT2D eigenvalue weighted by atomic mass is 32.2. The zero-order valence-corrected chi connectivity index (χ0v) is 19.0. The number of hydrogen-bond acceptors (Lipinski definition) is 3. The summed E-state index contributed by atoms with van der Waals surface area (Å²) >= 11 is 0. The number of sulfonamides is 1. The molecule has 1 aliphatic heterocycles. The van der Waals surface area contributed by atoms with Crippen molar-refractivity contribution in [1.82, 2.24) is 9.62 Å². The predicted molar refractivity (Wildman–Crippen MR) is 125 cm³/mol. The second-order valence-electron chi connectivity index (χ2n) is 8.32. The van der Waals surface area contributed by atoms with Crippen LogP contribution < -0.4 is 5.32 Å². The van der Waals surface area contributed by atoms with Gasteiger partial charge in [0.1, 0.15) is 5.82 Å². The van der Waals surface area contributed by atoms with Gasteiger partial charge < -0.3 is 5.32 Å². The number of benzene rings is 3. The summed E-state index contributed by atoms with van der Waals surface area (Å²) in [5, 5.41) is 3.16. The molecule has 0 saturated carbocycles. The maximum Gasteiger partial charge on any atom is 0.243 e. The molecule has 1 saturated heterocycles. The van der Waals surface area contributed by atoms with Crippen LogP contribution in [0.4, 0.5) is 4.39 Å². The topological polar surface area (TPSA) is 66.5 Å². The number of halogens is 1. The Morgan fingerprint density at radius 2 is 1.61 bits per heavy atom. The van der Waals surface area contributed by atoms with Crippen LogP contribution in [0.2, 0.25) is 0 Å². The fourth-order valence-corrected chi connectivity index (χ4v) is 5.73. The molecule has 0 unspecified atom stereocenters. The maximum absolute atomic E-state index is 13.2. The van der Waals surface area contributed by atoms with E-state index in [0.29, 0.717) is 25.8 Å². The van der Waals surface area contributed by atoms with Crippen LogP contribution in [0.15, 0.2) is 89.8 Å². The second-order valence-corrected chi connectivity index (χ2v) is 10.3. The maximum atomic E-state index is 13.2. The minimum atomic E-state index is -3.79. The summed E-state index contributed by atoms with van der Waals surface area (Å²) in [5.41, 5.74) is 2.11. The molecular weight excluding hydrogens is 439 g/mol. The number of piperidine rings is 1. The standard InChI is InChI=1S/C26H27FN2O3S/c27-23-13-15-24(16-14-23)33(31,32)29-17-7-12-22(19-29)26(30)28-25(21-10-5-2-6-11-21)18-20-8-3-1-4-9-20/h1-6,8-11,13-16,22,25H,7,12,17-19H2,(H,28,30)/t22-,25-/m0/s1. The van der Waals surface area contributed by atoms with E-state index in [4.69, 9.17) is 0 Å². The fourth-order valence-electron chi connectivity index (χ4n) is 4.21. The van der Waals surface area contributed by atoms with E-state index in [1.165, 1.54) is 16.4 Å². The summed E-state index contributed by atoms with van der Waals surface area (Å²) in [7, 11) is -3.79. The summed E-state index contributed by atoms with van der Waals surface area (Å²) in [4.78, 5) is 13.3. The van der Waals surface area contributed by atoms with Crippen molar-refractivity contribution in [2.24, 2.45) is 5.92 Å². The van der Waals surface area contributed by atoms with E-state index in [9.17, 15) is 17.6 Å². The Labute approximate surface area is 194 Å². The van der Waals surface area contributed by atoms with Gasteiger partial charge in [0.2, 0.25) is 15.9 Å². The lowest BCUT2D eigenvalue weighted by Gasteiger charge is -2.32. The van der Waals surface area contributed by atoms with Gasteiger partial charge in [-0.15, -0.1) is 0 Å². The second kappa shape index (κ2) is 10.3. The van der Waals surface area contributed by atoms with E-state index >= 15 is 0 Å². The number of rotatable bonds is 7. The molecule has 0 aliphatic carbocycles. The third kappa shape index (κ3) is 5.67. The van der Waals surface area contributed by atoms with Gasteiger partial charge in [-0.1, -0.05) is 60.7 Å². The Morgan fingerprint density at radius 3 is 2.27 bits per heavy atom. The molecule has 0 bridgehead atoms. The van der Waals surface area contributed by atoms with E-state index in [1.54, 1.807) is 0 Å². The Kier molecular flexibility index (Phi) is 7.20. The van der Waals surface area contributed by atoms with E-state index in [0.717, 1.165) is 23.3 Å². The summed E-state index contributed by atoms with van der Waals surface area (Å²) in [6, 6.07) is 24.3. The molecule has 4 rings (SSSR count). The zero-order valence-electron chi connectivity index (χ0n) is 18.2. The van der Waals surface area contributed by atoms with Gasteiger partial charge in [-0.3, -0.25) is 4.79 Å². The Hall–Kier alpha value is -3.03. The molecule has 0 aromatic heterocycles. The number of hydrogen-bond donors (Lipinski definition) is 1. The summed E-state index contributed by atoms with van der Waals surface area (Å²) in [6.07, 6.45) is 1.85. The van der Waals surface area contributed by atoms with Crippen molar-refractivity contribution in [3.05, 3.63) is 102 Å². The smallest absolute Gasteiger partial charge is 0.243 e. The molecule has 0 radical (unpaired) electrons. The van der Waals surface area contributed by atoms with Crippen molar-refractivity contribution in [3.8, 4) is 0 Å². The predicted octanol–water partition coefficient (Wildman–Crippen LogP) is 4.33. The zero-order chi connectivity index (χ0) is 23.3. The minimum Gasteiger partial charge on any atom is -0.349 e. The van der Waals surface area contributed by atoms with Crippen molar-refractivity contribution < 1.29 is 17.6 Å². The lowest BCUT2D eigenvalue weighted by atomic mass is 9.95. The third-order valence-electron chi connectivity index (χ3n) is 6.01. The Morgan fingerprint density at radius 1 is 0.970 bits per heavy atom. The van der Waals surface area contributed by atoms with Crippen LogP contribution in [0.5, 0.6) is 0 Å². The molecule has 3 aromatic rings. The van der Waals surface area contributed by atoms with Gasteiger partial charge in [-0.05, 0) is 54.7 Å². The molecule has 0 spiro atoms. The molecule has 1 aliphatic rings. The fraction of sp³-hybridized carbons (Fsp3) is 0.269. The van der Waals surface area contributed by atoms with Crippen LogP contribution in [-0.2, 0) is 21.2 Å². The van der Waals surface area contributed by atoms with Gasteiger partial charge in [0.15, 0.2) is 0 Å². The number of nitrogens with zero attached hydrogens (tertiary/aromatic N) is 1. The number of carbonyl (C=O) groups is 1. The van der Waals surface area contributed by atoms with Crippen LogP contribution in [-0.4, -0.2) is 31.7 Å². The SMILES string of the molecule is O=C(N[C@@H](Cc1ccccc1)c1ccccc1)[C@H]1CCCN(S(=O)(=O)c2ccc(F)cc2)C1. The molecule has 172 valence electrons. The van der Waals surface area contributed by atoms with Gasteiger partial charge in [-0.2, -0.15) is 4.31 Å². The Balaban J connectivity index is 1.49. The molecule has 1 fully saturated rings. The van der Waals surface area contributed by atoms with Crippen molar-refractivity contribution in [2.45, 2.75) is 30.2 Å². The lowest BCUT2D eigenvalue weighted by molar-refractivity contribution is -0.126. The molecule has 1 amide bonds.